The number of methoxy groups -OCH3 is 1. The number of aryl methyl sites for hydroxylation is 1. The molecule has 2 aromatic carbocycles. The van der Waals surface area contributed by atoms with Crippen LogP contribution in [0.1, 0.15) is 5.56 Å². The van der Waals surface area contributed by atoms with E-state index in [4.69, 9.17) is 14.1 Å². The van der Waals surface area contributed by atoms with E-state index < -0.39 is 0 Å². The summed E-state index contributed by atoms with van der Waals surface area (Å²) in [4.78, 5) is 4.77. The van der Waals surface area contributed by atoms with Crippen molar-refractivity contribution in [2.24, 2.45) is 0 Å². The fraction of sp³-hybridized carbons (Fsp3) is 0.105. The van der Waals surface area contributed by atoms with Crippen LogP contribution in [0.25, 0.3) is 28.3 Å². The molecule has 0 fully saturated rings. The van der Waals surface area contributed by atoms with Gasteiger partial charge in [0.1, 0.15) is 5.75 Å². The second-order valence-corrected chi connectivity index (χ2v) is 5.39. The van der Waals surface area contributed by atoms with Gasteiger partial charge in [0.2, 0.25) is 0 Å². The highest BCUT2D eigenvalue weighted by molar-refractivity contribution is 5.82. The van der Waals surface area contributed by atoms with E-state index in [1.807, 2.05) is 55.5 Å². The van der Waals surface area contributed by atoms with Gasteiger partial charge in [-0.2, -0.15) is 0 Å². The molecule has 0 aliphatic heterocycles. The number of furan rings is 1. The number of rotatable bonds is 3. The summed E-state index contributed by atoms with van der Waals surface area (Å²) in [6, 6.07) is 18.0. The molecule has 0 saturated heterocycles. The van der Waals surface area contributed by atoms with Gasteiger partial charge < -0.3 is 9.15 Å². The van der Waals surface area contributed by atoms with Gasteiger partial charge in [0, 0.05) is 5.69 Å². The molecule has 0 N–H and O–H groups in total. The molecule has 114 valence electrons. The van der Waals surface area contributed by atoms with E-state index in [2.05, 4.69) is 10.6 Å². The minimum Gasteiger partial charge on any atom is -0.497 e. The van der Waals surface area contributed by atoms with Gasteiger partial charge in [0.05, 0.1) is 24.4 Å². The number of ether oxygens (including phenoxy) is 1. The summed E-state index contributed by atoms with van der Waals surface area (Å²) in [7, 11) is 1.67. The largest absolute Gasteiger partial charge is 0.497 e. The second kappa shape index (κ2) is 5.32. The van der Waals surface area contributed by atoms with Crippen molar-refractivity contribution in [1.29, 1.82) is 0 Å². The SMILES string of the molecule is COc1ccc(-n2c(-c3occc3C)nc3ccccc32)cc1. The molecule has 0 spiro atoms. The summed E-state index contributed by atoms with van der Waals surface area (Å²) in [6.45, 7) is 2.02. The van der Waals surface area contributed by atoms with Crippen molar-refractivity contribution < 1.29 is 9.15 Å². The number of benzene rings is 2. The van der Waals surface area contributed by atoms with E-state index in [-0.39, 0.29) is 0 Å². The Kier molecular flexibility index (Phi) is 3.15. The van der Waals surface area contributed by atoms with Crippen molar-refractivity contribution in [2.45, 2.75) is 6.92 Å². The molecule has 0 bridgehead atoms. The Morgan fingerprint density at radius 3 is 2.48 bits per heavy atom. The maximum atomic E-state index is 5.68. The Morgan fingerprint density at radius 2 is 1.78 bits per heavy atom. The molecule has 0 amide bonds. The van der Waals surface area contributed by atoms with E-state index in [0.717, 1.165) is 39.6 Å². The van der Waals surface area contributed by atoms with Crippen molar-refractivity contribution in [3.8, 4) is 23.0 Å². The van der Waals surface area contributed by atoms with Gasteiger partial charge in [-0.3, -0.25) is 4.57 Å². The van der Waals surface area contributed by atoms with E-state index in [1.165, 1.54) is 0 Å². The Morgan fingerprint density at radius 1 is 1.00 bits per heavy atom. The van der Waals surface area contributed by atoms with Crippen molar-refractivity contribution in [1.82, 2.24) is 9.55 Å². The van der Waals surface area contributed by atoms with Crippen LogP contribution in [0.2, 0.25) is 0 Å². The highest BCUT2D eigenvalue weighted by atomic mass is 16.5. The van der Waals surface area contributed by atoms with Crippen LogP contribution < -0.4 is 4.74 Å². The maximum Gasteiger partial charge on any atom is 0.182 e. The number of fused-ring (bicyclic) bond motifs is 1. The number of hydrogen-bond acceptors (Lipinski definition) is 3. The van der Waals surface area contributed by atoms with Gasteiger partial charge in [0.15, 0.2) is 11.6 Å². The summed E-state index contributed by atoms with van der Waals surface area (Å²) < 4.78 is 13.0. The molecule has 2 aromatic heterocycles. The van der Waals surface area contributed by atoms with E-state index in [9.17, 15) is 0 Å². The summed E-state index contributed by atoms with van der Waals surface area (Å²) in [5.74, 6) is 2.42. The first-order valence-corrected chi connectivity index (χ1v) is 7.44. The van der Waals surface area contributed by atoms with Crippen molar-refractivity contribution in [2.75, 3.05) is 7.11 Å². The molecule has 0 radical (unpaired) electrons. The molecule has 2 heterocycles. The zero-order valence-electron chi connectivity index (χ0n) is 13.0. The highest BCUT2D eigenvalue weighted by Crippen LogP contribution is 2.31. The Balaban J connectivity index is 2.01. The van der Waals surface area contributed by atoms with Crippen LogP contribution in [0.3, 0.4) is 0 Å². The fourth-order valence-electron chi connectivity index (χ4n) is 2.77. The van der Waals surface area contributed by atoms with Crippen molar-refractivity contribution in [3.05, 3.63) is 66.4 Å². The number of aromatic nitrogens is 2. The van der Waals surface area contributed by atoms with Gasteiger partial charge in [-0.25, -0.2) is 4.98 Å². The minimum absolute atomic E-state index is 0.789. The molecule has 23 heavy (non-hydrogen) atoms. The van der Waals surface area contributed by atoms with Gasteiger partial charge >= 0.3 is 0 Å². The van der Waals surface area contributed by atoms with Crippen LogP contribution in [-0.4, -0.2) is 16.7 Å². The molecular weight excluding hydrogens is 288 g/mol. The summed E-state index contributed by atoms with van der Waals surface area (Å²) in [6.07, 6.45) is 1.70. The van der Waals surface area contributed by atoms with Crippen molar-refractivity contribution >= 4 is 11.0 Å². The fourth-order valence-corrected chi connectivity index (χ4v) is 2.77. The van der Waals surface area contributed by atoms with Gasteiger partial charge in [-0.1, -0.05) is 12.1 Å². The topological polar surface area (TPSA) is 40.2 Å². The molecule has 0 aliphatic carbocycles. The molecule has 4 rings (SSSR count). The average molecular weight is 304 g/mol. The maximum absolute atomic E-state index is 5.68. The first-order chi connectivity index (χ1) is 11.3. The number of hydrogen-bond donors (Lipinski definition) is 0. The van der Waals surface area contributed by atoms with Crippen LogP contribution in [0.15, 0.2) is 65.3 Å². The zero-order valence-corrected chi connectivity index (χ0v) is 13.0. The number of para-hydroxylation sites is 2. The lowest BCUT2D eigenvalue weighted by atomic mass is 10.2. The highest BCUT2D eigenvalue weighted by Gasteiger charge is 2.17. The van der Waals surface area contributed by atoms with Crippen LogP contribution >= 0.6 is 0 Å². The predicted octanol–water partition coefficient (Wildman–Crippen LogP) is 4.60. The Labute approximate surface area is 134 Å². The van der Waals surface area contributed by atoms with Gasteiger partial charge in [0.25, 0.3) is 0 Å². The predicted molar refractivity (Wildman–Crippen MR) is 90.1 cm³/mol. The van der Waals surface area contributed by atoms with E-state index in [1.54, 1.807) is 13.4 Å². The van der Waals surface area contributed by atoms with Crippen LogP contribution in [-0.2, 0) is 0 Å². The van der Waals surface area contributed by atoms with Crippen LogP contribution in [0, 0.1) is 6.92 Å². The van der Waals surface area contributed by atoms with Gasteiger partial charge in [-0.05, 0) is 55.0 Å². The minimum atomic E-state index is 0.789. The summed E-state index contributed by atoms with van der Waals surface area (Å²) >= 11 is 0. The third kappa shape index (κ3) is 2.19. The van der Waals surface area contributed by atoms with E-state index >= 15 is 0 Å². The van der Waals surface area contributed by atoms with E-state index in [0.29, 0.717) is 0 Å². The Bertz CT molecular complexity index is 965. The first kappa shape index (κ1) is 13.6. The third-order valence-corrected chi connectivity index (χ3v) is 3.96. The molecule has 4 nitrogen and oxygen atoms in total. The van der Waals surface area contributed by atoms with Gasteiger partial charge in [-0.15, -0.1) is 0 Å². The molecule has 0 unspecified atom stereocenters. The normalized spacial score (nSPS) is 11.0. The van der Waals surface area contributed by atoms with Crippen LogP contribution in [0.4, 0.5) is 0 Å². The molecule has 4 heteroatoms. The second-order valence-electron chi connectivity index (χ2n) is 5.39. The molecular formula is C19H16N2O2. The Hall–Kier alpha value is -3.01. The lowest BCUT2D eigenvalue weighted by Gasteiger charge is -2.09. The lowest BCUT2D eigenvalue weighted by Crippen LogP contribution is -1.97. The molecule has 0 aliphatic rings. The quantitative estimate of drug-likeness (QED) is 0.555. The zero-order chi connectivity index (χ0) is 15.8. The summed E-state index contributed by atoms with van der Waals surface area (Å²) in [5.41, 5.74) is 4.07. The average Bonchev–Trinajstić information content (AvgIpc) is 3.18. The standard InChI is InChI=1S/C19H16N2O2/c1-13-11-12-23-18(13)19-20-16-5-3-4-6-17(16)21(19)14-7-9-15(22-2)10-8-14/h3-12H,1-2H3. The number of imidazole rings is 1. The summed E-state index contributed by atoms with van der Waals surface area (Å²) in [5, 5.41) is 0. The molecule has 4 aromatic rings. The monoisotopic (exact) mass is 304 g/mol. The molecule has 0 saturated carbocycles. The molecule has 0 atom stereocenters. The lowest BCUT2D eigenvalue weighted by molar-refractivity contribution is 0.415. The first-order valence-electron chi connectivity index (χ1n) is 7.44. The van der Waals surface area contributed by atoms with Crippen LogP contribution in [0.5, 0.6) is 5.75 Å². The van der Waals surface area contributed by atoms with Crippen molar-refractivity contribution in [3.63, 3.8) is 0 Å². The third-order valence-electron chi connectivity index (χ3n) is 3.96. The number of nitrogens with zero attached hydrogens (tertiary/aromatic N) is 2. The smallest absolute Gasteiger partial charge is 0.182 e.